The minimum Gasteiger partial charge on any atom is -0.359 e. The van der Waals surface area contributed by atoms with Crippen LogP contribution in [-0.2, 0) is 41.3 Å². The van der Waals surface area contributed by atoms with Crippen molar-refractivity contribution in [3.63, 3.8) is 0 Å². The molecule has 2 aliphatic rings. The maximum absolute atomic E-state index is 13.3. The monoisotopic (exact) mass is 654 g/mol. The zero-order valence-corrected chi connectivity index (χ0v) is 30.5. The lowest BCUT2D eigenvalue weighted by molar-refractivity contribution is 0.219. The molecule has 6 heteroatoms. The molecule has 0 bridgehead atoms. The summed E-state index contributed by atoms with van der Waals surface area (Å²) in [5.41, 5.74) is 15.2. The molecule has 4 nitrogen and oxygen atoms in total. The summed E-state index contributed by atoms with van der Waals surface area (Å²) in [7, 11) is -3.62. The van der Waals surface area contributed by atoms with E-state index in [1.54, 1.807) is 0 Å². The highest BCUT2D eigenvalue weighted by molar-refractivity contribution is 7.53. The van der Waals surface area contributed by atoms with Gasteiger partial charge in [-0.3, -0.25) is 4.57 Å². The summed E-state index contributed by atoms with van der Waals surface area (Å²) in [6.45, 7) is 18.9. The van der Waals surface area contributed by atoms with E-state index in [-0.39, 0.29) is 17.0 Å². The van der Waals surface area contributed by atoms with Gasteiger partial charge in [-0.25, -0.2) is 0 Å². The Morgan fingerprint density at radius 1 is 0.587 bits per heavy atom. The van der Waals surface area contributed by atoms with Crippen molar-refractivity contribution in [1.82, 2.24) is 0 Å². The largest absolute Gasteiger partial charge is 0.359 e. The second-order valence-electron chi connectivity index (χ2n) is 13.5. The van der Waals surface area contributed by atoms with Crippen molar-refractivity contribution < 1.29 is 18.1 Å². The summed E-state index contributed by atoms with van der Waals surface area (Å²) in [6.07, 6.45) is 2.37. The van der Waals surface area contributed by atoms with Gasteiger partial charge in [0.1, 0.15) is 0 Å². The number of hydrogen-bond acceptors (Lipinski definition) is 4. The second kappa shape index (κ2) is 12.8. The molecular weight excluding hydrogens is 606 g/mol. The van der Waals surface area contributed by atoms with Crippen molar-refractivity contribution in [3.05, 3.63) is 106 Å². The normalized spacial score (nSPS) is 16.1. The molecule has 0 saturated carbocycles. The average molecular weight is 655 g/mol. The van der Waals surface area contributed by atoms with Gasteiger partial charge in [0, 0.05) is 31.7 Å². The number of hydrogen-bond donors (Lipinski definition) is 0. The van der Waals surface area contributed by atoms with Gasteiger partial charge in [-0.15, -0.1) is 0 Å². The van der Waals surface area contributed by atoms with Crippen LogP contribution < -0.4 is 0 Å². The first-order chi connectivity index (χ1) is 22.0. The van der Waals surface area contributed by atoms with E-state index >= 15 is 0 Å². The van der Waals surface area contributed by atoms with E-state index in [2.05, 4.69) is 114 Å². The topological polar surface area (TPSA) is 44.8 Å². The minimum absolute atomic E-state index is 0.0810. The van der Waals surface area contributed by atoms with E-state index in [4.69, 9.17) is 13.6 Å². The Labute approximate surface area is 277 Å². The smallest absolute Gasteiger partial charge is 0.335 e. The molecule has 0 N–H and O–H groups in total. The molecule has 0 heterocycles. The predicted octanol–water partition coefficient (Wildman–Crippen LogP) is 11.7. The molecule has 2 aliphatic carbocycles. The van der Waals surface area contributed by atoms with Gasteiger partial charge < -0.3 is 13.6 Å². The molecule has 46 heavy (non-hydrogen) atoms. The molecule has 0 spiro atoms. The van der Waals surface area contributed by atoms with Crippen molar-refractivity contribution in [2.45, 2.75) is 78.5 Å². The van der Waals surface area contributed by atoms with Crippen LogP contribution in [0.15, 0.2) is 72.8 Å². The Hall–Kier alpha value is -2.58. The fourth-order valence-electron chi connectivity index (χ4n) is 7.51. The third-order valence-electron chi connectivity index (χ3n) is 9.87. The van der Waals surface area contributed by atoms with Crippen molar-refractivity contribution >= 4 is 15.7 Å². The Bertz CT molecular complexity index is 1810. The molecule has 0 aromatic heterocycles. The van der Waals surface area contributed by atoms with E-state index in [0.29, 0.717) is 13.2 Å². The fourth-order valence-corrected chi connectivity index (χ4v) is 10.7. The Morgan fingerprint density at radius 3 is 1.48 bits per heavy atom. The van der Waals surface area contributed by atoms with Gasteiger partial charge in [-0.2, -0.15) is 0 Å². The quantitative estimate of drug-likeness (QED) is 0.143. The van der Waals surface area contributed by atoms with Crippen LogP contribution >= 0.6 is 15.7 Å². The van der Waals surface area contributed by atoms with Crippen molar-refractivity contribution in [2.75, 3.05) is 26.0 Å². The molecule has 0 saturated heterocycles. The summed E-state index contributed by atoms with van der Waals surface area (Å²) >= 11 is 0. The molecule has 1 unspecified atom stereocenters. The third kappa shape index (κ3) is 5.86. The maximum Gasteiger partial charge on any atom is 0.335 e. The van der Waals surface area contributed by atoms with Gasteiger partial charge in [0.15, 0.2) is 0 Å². The van der Waals surface area contributed by atoms with Crippen molar-refractivity contribution in [2.24, 2.45) is 0 Å². The Balaban J connectivity index is 1.31. The zero-order valence-electron chi connectivity index (χ0n) is 28.7. The lowest BCUT2D eigenvalue weighted by Gasteiger charge is -2.24. The number of fused-ring (bicyclic) bond motifs is 6. The van der Waals surface area contributed by atoms with Crippen LogP contribution in [0, 0.1) is 0 Å². The molecule has 6 rings (SSSR count). The van der Waals surface area contributed by atoms with Crippen LogP contribution in [0.4, 0.5) is 0 Å². The fraction of sp³-hybridized carbons (Fsp3) is 0.400. The van der Waals surface area contributed by atoms with E-state index in [9.17, 15) is 4.57 Å². The summed E-state index contributed by atoms with van der Waals surface area (Å²) in [5, 5.41) is 0. The Kier molecular flexibility index (Phi) is 9.27. The standard InChI is InChI=1S/C40H48O4P2/c1-9-42-45(12-4)25-27-13-17-31-33-19-15-29(23-37(33)39(5,6)35(31)21-27)30-16-20-34-32-18-14-28(26-46(41,43-10-2)44-11-3)22-36(32)40(7,8)38(34)24-30/h13-24H,9-12,25-26H2,1-8H3. The molecule has 1 atom stereocenters. The Morgan fingerprint density at radius 2 is 1.02 bits per heavy atom. The molecule has 0 fully saturated rings. The highest BCUT2D eigenvalue weighted by Crippen LogP contribution is 2.55. The van der Waals surface area contributed by atoms with Crippen LogP contribution in [0.3, 0.4) is 0 Å². The lowest BCUT2D eigenvalue weighted by atomic mass is 9.80. The van der Waals surface area contributed by atoms with Crippen LogP contribution in [-0.4, -0.2) is 26.0 Å². The highest BCUT2D eigenvalue weighted by atomic mass is 31.2. The molecule has 0 amide bonds. The van der Waals surface area contributed by atoms with Crippen LogP contribution in [0.25, 0.3) is 33.4 Å². The van der Waals surface area contributed by atoms with Crippen molar-refractivity contribution in [3.8, 4) is 33.4 Å². The van der Waals surface area contributed by atoms with Crippen molar-refractivity contribution in [1.29, 1.82) is 0 Å². The second-order valence-corrected chi connectivity index (χ2v) is 17.7. The average Bonchev–Trinajstić information content (AvgIpc) is 3.39. The molecular formula is C40H48O4P2. The van der Waals surface area contributed by atoms with Gasteiger partial charge >= 0.3 is 7.60 Å². The van der Waals surface area contributed by atoms with E-state index in [0.717, 1.165) is 24.5 Å². The summed E-state index contributed by atoms with van der Waals surface area (Å²) < 4.78 is 30.6. The van der Waals surface area contributed by atoms with Crippen LogP contribution in [0.1, 0.15) is 88.8 Å². The first-order valence-electron chi connectivity index (χ1n) is 16.8. The minimum atomic E-state index is -3.19. The SMILES string of the molecule is CCOP(CC)Cc1ccc2c(c1)C(C)(C)c1cc(-c3ccc4c(c3)C(C)(C)c3cc(CP(=O)(OCC)OCC)ccc3-4)ccc1-2. The van der Waals surface area contributed by atoms with Gasteiger partial charge in [-0.1, -0.05) is 95.3 Å². The maximum atomic E-state index is 13.3. The van der Waals surface area contributed by atoms with Gasteiger partial charge in [0.2, 0.25) is 0 Å². The summed E-state index contributed by atoms with van der Waals surface area (Å²) in [5.74, 6) is 0. The van der Waals surface area contributed by atoms with Crippen LogP contribution in [0.2, 0.25) is 0 Å². The first kappa shape index (κ1) is 33.3. The molecule has 242 valence electrons. The van der Waals surface area contributed by atoms with E-state index < -0.39 is 15.7 Å². The van der Waals surface area contributed by atoms with E-state index in [1.807, 2.05) is 13.8 Å². The molecule has 0 aliphatic heterocycles. The van der Waals surface area contributed by atoms with Gasteiger partial charge in [0.25, 0.3) is 0 Å². The summed E-state index contributed by atoms with van der Waals surface area (Å²) in [4.78, 5) is 0. The highest BCUT2D eigenvalue weighted by Gasteiger charge is 2.38. The zero-order chi connectivity index (χ0) is 32.9. The summed E-state index contributed by atoms with van der Waals surface area (Å²) in [6, 6.07) is 27.5. The van der Waals surface area contributed by atoms with Gasteiger partial charge in [0.05, 0.1) is 19.4 Å². The first-order valence-corrected chi connectivity index (χ1v) is 20.1. The molecule has 4 aromatic carbocycles. The molecule has 4 aromatic rings. The van der Waals surface area contributed by atoms with Gasteiger partial charge in [-0.05, 0) is 106 Å². The third-order valence-corrected chi connectivity index (χ3v) is 14.0. The van der Waals surface area contributed by atoms with Crippen LogP contribution in [0.5, 0.6) is 0 Å². The number of benzene rings is 4. The molecule has 0 radical (unpaired) electrons. The predicted molar refractivity (Wildman–Crippen MR) is 194 cm³/mol. The van der Waals surface area contributed by atoms with E-state index in [1.165, 1.54) is 61.2 Å². The number of rotatable bonds is 12. The lowest BCUT2D eigenvalue weighted by Crippen LogP contribution is -2.16.